The van der Waals surface area contributed by atoms with E-state index >= 15 is 0 Å². The fraction of sp³-hybridized carbons (Fsp3) is 0.364. The number of ether oxygens (including phenoxy) is 1. The molecule has 0 unspecified atom stereocenters. The van der Waals surface area contributed by atoms with Gasteiger partial charge >= 0.3 is 0 Å². The monoisotopic (exact) mass is 205 g/mol. The van der Waals surface area contributed by atoms with Gasteiger partial charge in [0.25, 0.3) is 0 Å². The molecule has 0 spiro atoms. The lowest BCUT2D eigenvalue weighted by molar-refractivity contribution is 0.136. The average molecular weight is 205 g/mol. The first kappa shape index (κ1) is 9.98. The molecule has 4 nitrogen and oxygen atoms in total. The summed E-state index contributed by atoms with van der Waals surface area (Å²) in [5.41, 5.74) is 10.2. The van der Waals surface area contributed by atoms with Crippen molar-refractivity contribution < 1.29 is 4.74 Å². The number of methoxy groups -OCH3 is 1. The highest BCUT2D eigenvalue weighted by Gasteiger charge is 2.08. The van der Waals surface area contributed by atoms with Crippen molar-refractivity contribution in [3.63, 3.8) is 0 Å². The number of hydrogen-bond acceptors (Lipinski definition) is 3. The Morgan fingerprint density at radius 1 is 1.33 bits per heavy atom. The number of aromatic nitrogens is 2. The van der Waals surface area contributed by atoms with Crippen LogP contribution in [0.15, 0.2) is 12.1 Å². The predicted octanol–water partition coefficient (Wildman–Crippen LogP) is 1.84. The first-order valence-corrected chi connectivity index (χ1v) is 4.85. The number of nitrogen functional groups attached to an aromatic ring is 1. The van der Waals surface area contributed by atoms with E-state index in [0.717, 1.165) is 11.0 Å². The molecule has 0 bridgehead atoms. The van der Waals surface area contributed by atoms with Crippen molar-refractivity contribution >= 4 is 17.0 Å². The lowest BCUT2D eigenvalue weighted by Gasteiger charge is -2.05. The second-order valence-corrected chi connectivity index (χ2v) is 3.74. The zero-order valence-corrected chi connectivity index (χ0v) is 9.24. The van der Waals surface area contributed by atoms with Crippen molar-refractivity contribution in [2.24, 2.45) is 0 Å². The van der Waals surface area contributed by atoms with Gasteiger partial charge in [0.2, 0.25) is 5.95 Å². The summed E-state index contributed by atoms with van der Waals surface area (Å²) < 4.78 is 6.95. The van der Waals surface area contributed by atoms with E-state index < -0.39 is 0 Å². The van der Waals surface area contributed by atoms with Crippen molar-refractivity contribution in [3.05, 3.63) is 23.3 Å². The zero-order valence-electron chi connectivity index (χ0n) is 9.24. The van der Waals surface area contributed by atoms with Crippen LogP contribution >= 0.6 is 0 Å². The van der Waals surface area contributed by atoms with Crippen LogP contribution < -0.4 is 5.73 Å². The minimum absolute atomic E-state index is 0.435. The van der Waals surface area contributed by atoms with E-state index in [2.05, 4.69) is 24.9 Å². The highest BCUT2D eigenvalue weighted by Crippen LogP contribution is 2.21. The Morgan fingerprint density at radius 2 is 2.00 bits per heavy atom. The van der Waals surface area contributed by atoms with Gasteiger partial charge in [0, 0.05) is 7.11 Å². The maximum atomic E-state index is 5.81. The summed E-state index contributed by atoms with van der Waals surface area (Å²) in [7, 11) is 1.65. The molecule has 1 aromatic carbocycles. The van der Waals surface area contributed by atoms with Gasteiger partial charge in [-0.3, -0.25) is 4.57 Å². The third kappa shape index (κ3) is 1.57. The SMILES string of the molecule is COCn1c(N)nc2cc(C)c(C)cc21. The van der Waals surface area contributed by atoms with Crippen molar-refractivity contribution in [1.29, 1.82) is 0 Å². The summed E-state index contributed by atoms with van der Waals surface area (Å²) in [5.74, 6) is 0.497. The Bertz CT molecular complexity index is 502. The van der Waals surface area contributed by atoms with Gasteiger partial charge in [0.05, 0.1) is 11.0 Å². The molecule has 0 radical (unpaired) electrons. The number of nitrogens with zero attached hydrogens (tertiary/aromatic N) is 2. The summed E-state index contributed by atoms with van der Waals surface area (Å²) in [6.45, 7) is 4.58. The van der Waals surface area contributed by atoms with Crippen molar-refractivity contribution in [1.82, 2.24) is 9.55 Å². The van der Waals surface area contributed by atoms with Crippen LogP contribution in [0, 0.1) is 13.8 Å². The topological polar surface area (TPSA) is 53.1 Å². The molecule has 0 aliphatic carbocycles. The molecule has 2 N–H and O–H groups in total. The third-order valence-electron chi connectivity index (χ3n) is 2.65. The quantitative estimate of drug-likeness (QED) is 0.813. The fourth-order valence-electron chi connectivity index (χ4n) is 1.66. The second-order valence-electron chi connectivity index (χ2n) is 3.74. The Labute approximate surface area is 88.7 Å². The number of imidazole rings is 1. The Balaban J connectivity index is 2.70. The van der Waals surface area contributed by atoms with Gasteiger partial charge in [-0.05, 0) is 37.1 Å². The van der Waals surface area contributed by atoms with E-state index in [1.807, 2.05) is 10.6 Å². The third-order valence-corrected chi connectivity index (χ3v) is 2.65. The highest BCUT2D eigenvalue weighted by molar-refractivity contribution is 5.80. The lowest BCUT2D eigenvalue weighted by Crippen LogP contribution is -2.04. The van der Waals surface area contributed by atoms with Crippen LogP contribution in [0.5, 0.6) is 0 Å². The van der Waals surface area contributed by atoms with Crippen LogP contribution in [0.2, 0.25) is 0 Å². The standard InChI is InChI=1S/C11H15N3O/c1-7-4-9-10(5-8(7)2)14(6-15-3)11(12)13-9/h4-5H,6H2,1-3H3,(H2,12,13). The van der Waals surface area contributed by atoms with Crippen LogP contribution in [-0.2, 0) is 11.5 Å². The molecule has 1 aromatic heterocycles. The van der Waals surface area contributed by atoms with E-state index in [1.54, 1.807) is 7.11 Å². The number of hydrogen-bond donors (Lipinski definition) is 1. The molecule has 0 saturated carbocycles. The summed E-state index contributed by atoms with van der Waals surface area (Å²) >= 11 is 0. The Hall–Kier alpha value is -1.55. The molecule has 1 heterocycles. The maximum absolute atomic E-state index is 5.81. The maximum Gasteiger partial charge on any atom is 0.203 e. The van der Waals surface area contributed by atoms with E-state index in [0.29, 0.717) is 12.7 Å². The van der Waals surface area contributed by atoms with Gasteiger partial charge in [-0.15, -0.1) is 0 Å². The molecule has 15 heavy (non-hydrogen) atoms. The Morgan fingerprint density at radius 3 is 2.67 bits per heavy atom. The molecule has 0 fully saturated rings. The summed E-state index contributed by atoms with van der Waals surface area (Å²) in [6.07, 6.45) is 0. The average Bonchev–Trinajstić information content (AvgIpc) is 2.46. The molecule has 0 aliphatic rings. The highest BCUT2D eigenvalue weighted by atomic mass is 16.5. The van der Waals surface area contributed by atoms with E-state index in [1.165, 1.54) is 11.1 Å². The lowest BCUT2D eigenvalue weighted by atomic mass is 10.1. The molecule has 4 heteroatoms. The molecular formula is C11H15N3O. The number of benzene rings is 1. The number of aryl methyl sites for hydroxylation is 2. The van der Waals surface area contributed by atoms with Gasteiger partial charge in [0.1, 0.15) is 6.73 Å². The summed E-state index contributed by atoms with van der Waals surface area (Å²) in [6, 6.07) is 4.14. The number of rotatable bonds is 2. The van der Waals surface area contributed by atoms with Gasteiger partial charge in [-0.1, -0.05) is 0 Å². The van der Waals surface area contributed by atoms with E-state index in [4.69, 9.17) is 10.5 Å². The zero-order chi connectivity index (χ0) is 11.0. The van der Waals surface area contributed by atoms with Crippen molar-refractivity contribution in [3.8, 4) is 0 Å². The molecule has 2 aromatic rings. The molecule has 0 aliphatic heterocycles. The van der Waals surface area contributed by atoms with Gasteiger partial charge < -0.3 is 10.5 Å². The van der Waals surface area contributed by atoms with E-state index in [9.17, 15) is 0 Å². The number of nitrogens with two attached hydrogens (primary N) is 1. The number of fused-ring (bicyclic) bond motifs is 1. The minimum Gasteiger partial charge on any atom is -0.369 e. The second kappa shape index (κ2) is 3.55. The van der Waals surface area contributed by atoms with E-state index in [-0.39, 0.29) is 0 Å². The van der Waals surface area contributed by atoms with Crippen LogP contribution in [-0.4, -0.2) is 16.7 Å². The number of anilines is 1. The van der Waals surface area contributed by atoms with Gasteiger partial charge in [-0.2, -0.15) is 0 Å². The molecule has 0 amide bonds. The van der Waals surface area contributed by atoms with Gasteiger partial charge in [-0.25, -0.2) is 4.98 Å². The minimum atomic E-state index is 0.435. The predicted molar refractivity (Wildman–Crippen MR) is 60.6 cm³/mol. The van der Waals surface area contributed by atoms with Crippen molar-refractivity contribution in [2.45, 2.75) is 20.6 Å². The first-order valence-electron chi connectivity index (χ1n) is 4.85. The normalized spacial score (nSPS) is 11.1. The molecular weight excluding hydrogens is 190 g/mol. The molecule has 80 valence electrons. The van der Waals surface area contributed by atoms with Crippen molar-refractivity contribution in [2.75, 3.05) is 12.8 Å². The van der Waals surface area contributed by atoms with Gasteiger partial charge in [0.15, 0.2) is 0 Å². The van der Waals surface area contributed by atoms with Crippen LogP contribution in [0.25, 0.3) is 11.0 Å². The Kier molecular flexibility index (Phi) is 2.36. The smallest absolute Gasteiger partial charge is 0.203 e. The van der Waals surface area contributed by atoms with Crippen LogP contribution in [0.1, 0.15) is 11.1 Å². The summed E-state index contributed by atoms with van der Waals surface area (Å²) in [4.78, 5) is 4.29. The summed E-state index contributed by atoms with van der Waals surface area (Å²) in [5, 5.41) is 0. The molecule has 2 rings (SSSR count). The first-order chi connectivity index (χ1) is 7.13. The molecule has 0 saturated heterocycles. The fourth-order valence-corrected chi connectivity index (χ4v) is 1.66. The molecule has 0 atom stereocenters. The van der Waals surface area contributed by atoms with Crippen LogP contribution in [0.3, 0.4) is 0 Å². The largest absolute Gasteiger partial charge is 0.369 e. The van der Waals surface area contributed by atoms with Crippen LogP contribution in [0.4, 0.5) is 5.95 Å².